The number of aromatic hydroxyl groups is 1. The maximum absolute atomic E-state index is 13.3. The zero-order valence-corrected chi connectivity index (χ0v) is 11.4. The number of piperazine rings is 1. The van der Waals surface area contributed by atoms with E-state index in [9.17, 15) is 13.9 Å². The van der Waals surface area contributed by atoms with E-state index in [0.29, 0.717) is 18.7 Å². The van der Waals surface area contributed by atoms with E-state index in [1.54, 1.807) is 0 Å². The van der Waals surface area contributed by atoms with Gasteiger partial charge in [0.05, 0.1) is 10.5 Å². The molecule has 1 saturated heterocycles. The quantitative estimate of drug-likeness (QED) is 0.896. The van der Waals surface area contributed by atoms with Crippen LogP contribution < -0.4 is 5.32 Å². The molecule has 1 fully saturated rings. The van der Waals surface area contributed by atoms with Crippen molar-refractivity contribution in [3.05, 3.63) is 28.0 Å². The number of halogens is 3. The molecule has 0 saturated carbocycles. The van der Waals surface area contributed by atoms with Crippen LogP contribution >= 0.6 is 15.9 Å². The van der Waals surface area contributed by atoms with Crippen LogP contribution in [0.15, 0.2) is 16.6 Å². The van der Waals surface area contributed by atoms with Crippen molar-refractivity contribution >= 4 is 15.9 Å². The molecule has 1 aromatic rings. The van der Waals surface area contributed by atoms with Gasteiger partial charge in [-0.05, 0) is 22.0 Å². The number of hydrogen-bond donors (Lipinski definition) is 2. The summed E-state index contributed by atoms with van der Waals surface area (Å²) in [5.74, 6) is -0.759. The molecule has 6 heteroatoms. The van der Waals surface area contributed by atoms with Crippen LogP contribution in [0.4, 0.5) is 8.78 Å². The molecule has 0 aromatic heterocycles. The highest BCUT2D eigenvalue weighted by molar-refractivity contribution is 9.10. The molecule has 1 aliphatic rings. The van der Waals surface area contributed by atoms with E-state index < -0.39 is 18.5 Å². The number of hydrogen-bond acceptors (Lipinski definition) is 3. The van der Waals surface area contributed by atoms with Gasteiger partial charge in [0.15, 0.2) is 0 Å². The molecule has 1 atom stereocenters. The van der Waals surface area contributed by atoms with E-state index in [1.807, 2.05) is 4.90 Å². The Hall–Kier alpha value is -0.720. The topological polar surface area (TPSA) is 35.5 Å². The first-order valence-electron chi connectivity index (χ1n) is 5.82. The first kappa shape index (κ1) is 13.7. The Morgan fingerprint density at radius 2 is 2.06 bits per heavy atom. The Bertz CT molecular complexity index is 425. The molecule has 1 aliphatic heterocycles. The van der Waals surface area contributed by atoms with Gasteiger partial charge in [0.25, 0.3) is 0 Å². The Morgan fingerprint density at radius 3 is 2.67 bits per heavy atom. The second-order valence-electron chi connectivity index (χ2n) is 4.26. The number of alkyl halides is 1. The molecule has 2 N–H and O–H groups in total. The summed E-state index contributed by atoms with van der Waals surface area (Å²) in [5.41, 5.74) is 0.424. The third kappa shape index (κ3) is 2.65. The molecule has 0 radical (unpaired) electrons. The Balaban J connectivity index is 2.29. The SMILES string of the molecule is Oc1c([C@@H](CF)N2CCNCC2)ccc(F)c1Br. The van der Waals surface area contributed by atoms with E-state index in [0.717, 1.165) is 13.1 Å². The fourth-order valence-electron chi connectivity index (χ4n) is 2.19. The number of nitrogens with one attached hydrogen (secondary N) is 1. The molecule has 0 bridgehead atoms. The molecular weight excluding hydrogens is 306 g/mol. The van der Waals surface area contributed by atoms with Crippen LogP contribution in [0.1, 0.15) is 11.6 Å². The van der Waals surface area contributed by atoms with E-state index in [2.05, 4.69) is 21.2 Å². The van der Waals surface area contributed by atoms with Gasteiger partial charge in [0, 0.05) is 31.7 Å². The highest BCUT2D eigenvalue weighted by Gasteiger charge is 2.26. The van der Waals surface area contributed by atoms with Gasteiger partial charge in [-0.1, -0.05) is 6.07 Å². The lowest BCUT2D eigenvalue weighted by molar-refractivity contribution is 0.145. The monoisotopic (exact) mass is 320 g/mol. The molecule has 1 aromatic carbocycles. The first-order valence-corrected chi connectivity index (χ1v) is 6.62. The summed E-state index contributed by atoms with van der Waals surface area (Å²) in [4.78, 5) is 1.95. The smallest absolute Gasteiger partial charge is 0.141 e. The zero-order chi connectivity index (χ0) is 13.1. The fourth-order valence-corrected chi connectivity index (χ4v) is 2.56. The van der Waals surface area contributed by atoms with Gasteiger partial charge < -0.3 is 10.4 Å². The fraction of sp³-hybridized carbons (Fsp3) is 0.500. The maximum atomic E-state index is 13.3. The summed E-state index contributed by atoms with van der Waals surface area (Å²) < 4.78 is 26.5. The lowest BCUT2D eigenvalue weighted by Gasteiger charge is -2.34. The minimum absolute atomic E-state index is 0.00594. The summed E-state index contributed by atoms with van der Waals surface area (Å²) in [5, 5.41) is 13.1. The Morgan fingerprint density at radius 1 is 1.39 bits per heavy atom. The number of benzene rings is 1. The van der Waals surface area contributed by atoms with Gasteiger partial charge in [-0.3, -0.25) is 4.90 Å². The lowest BCUT2D eigenvalue weighted by atomic mass is 10.0. The highest BCUT2D eigenvalue weighted by atomic mass is 79.9. The summed E-state index contributed by atoms with van der Waals surface area (Å²) in [6, 6.07) is 2.16. The average molecular weight is 321 g/mol. The minimum atomic E-state index is -0.606. The maximum Gasteiger partial charge on any atom is 0.141 e. The molecule has 0 unspecified atom stereocenters. The minimum Gasteiger partial charge on any atom is -0.506 e. The molecule has 3 nitrogen and oxygen atoms in total. The second kappa shape index (κ2) is 5.95. The van der Waals surface area contributed by atoms with Crippen LogP contribution in [0.25, 0.3) is 0 Å². The van der Waals surface area contributed by atoms with Crippen molar-refractivity contribution in [1.29, 1.82) is 0 Å². The molecule has 0 aliphatic carbocycles. The van der Waals surface area contributed by atoms with E-state index in [-0.39, 0.29) is 10.2 Å². The molecule has 18 heavy (non-hydrogen) atoms. The average Bonchev–Trinajstić information content (AvgIpc) is 2.41. The van der Waals surface area contributed by atoms with Gasteiger partial charge in [-0.15, -0.1) is 0 Å². The van der Waals surface area contributed by atoms with Crippen molar-refractivity contribution in [3.8, 4) is 5.75 Å². The summed E-state index contributed by atoms with van der Waals surface area (Å²) in [7, 11) is 0. The largest absolute Gasteiger partial charge is 0.506 e. The third-order valence-corrected chi connectivity index (χ3v) is 3.95. The standard InChI is InChI=1S/C12H15BrF2N2O/c13-11-9(15)2-1-8(12(11)18)10(7-14)17-5-3-16-4-6-17/h1-2,10,16,18H,3-7H2/t10-/m1/s1. The van der Waals surface area contributed by atoms with Gasteiger partial charge in [-0.25, -0.2) is 8.78 Å². The summed E-state index contributed by atoms with van der Waals surface area (Å²) in [6.07, 6.45) is 0. The molecule has 0 spiro atoms. The van der Waals surface area contributed by atoms with E-state index in [4.69, 9.17) is 0 Å². The van der Waals surface area contributed by atoms with Crippen LogP contribution in [0.5, 0.6) is 5.75 Å². The summed E-state index contributed by atoms with van der Waals surface area (Å²) >= 11 is 2.97. The van der Waals surface area contributed by atoms with Gasteiger partial charge >= 0.3 is 0 Å². The normalized spacial score (nSPS) is 18.8. The number of rotatable bonds is 3. The zero-order valence-electron chi connectivity index (χ0n) is 9.80. The van der Waals surface area contributed by atoms with E-state index in [1.165, 1.54) is 12.1 Å². The number of nitrogens with zero attached hydrogens (tertiary/aromatic N) is 1. The van der Waals surface area contributed by atoms with Gasteiger partial charge in [-0.2, -0.15) is 0 Å². The lowest BCUT2D eigenvalue weighted by Crippen LogP contribution is -2.45. The molecule has 1 heterocycles. The van der Waals surface area contributed by atoms with Gasteiger partial charge in [0.1, 0.15) is 18.2 Å². The van der Waals surface area contributed by atoms with Crippen LogP contribution in [0, 0.1) is 5.82 Å². The van der Waals surface area contributed by atoms with Crippen molar-refractivity contribution in [3.63, 3.8) is 0 Å². The van der Waals surface area contributed by atoms with Gasteiger partial charge in [0.2, 0.25) is 0 Å². The van der Waals surface area contributed by atoms with Crippen LogP contribution in [0.2, 0.25) is 0 Å². The third-order valence-electron chi connectivity index (χ3n) is 3.20. The Kier molecular flexibility index (Phi) is 4.53. The van der Waals surface area contributed by atoms with Crippen molar-refractivity contribution < 1.29 is 13.9 Å². The first-order chi connectivity index (χ1) is 8.65. The van der Waals surface area contributed by atoms with Crippen molar-refractivity contribution in [2.24, 2.45) is 0 Å². The van der Waals surface area contributed by atoms with E-state index >= 15 is 0 Å². The Labute approximate surface area is 113 Å². The van der Waals surface area contributed by atoms with Crippen LogP contribution in [0.3, 0.4) is 0 Å². The van der Waals surface area contributed by atoms with Crippen LogP contribution in [-0.2, 0) is 0 Å². The van der Waals surface area contributed by atoms with Crippen molar-refractivity contribution in [2.45, 2.75) is 6.04 Å². The molecule has 0 amide bonds. The van der Waals surface area contributed by atoms with Crippen molar-refractivity contribution in [2.75, 3.05) is 32.9 Å². The number of phenolic OH excluding ortho intramolecular Hbond substituents is 1. The molecular formula is C12H15BrF2N2O. The highest BCUT2D eigenvalue weighted by Crippen LogP contribution is 2.36. The molecule has 100 valence electrons. The second-order valence-corrected chi connectivity index (χ2v) is 5.05. The predicted molar refractivity (Wildman–Crippen MR) is 68.9 cm³/mol. The number of phenols is 1. The predicted octanol–water partition coefficient (Wildman–Crippen LogP) is 2.21. The van der Waals surface area contributed by atoms with Crippen molar-refractivity contribution in [1.82, 2.24) is 10.2 Å². The summed E-state index contributed by atoms with van der Waals surface area (Å²) in [6.45, 7) is 2.40. The molecule has 2 rings (SSSR count). The van der Waals surface area contributed by atoms with Crippen LogP contribution in [-0.4, -0.2) is 42.9 Å².